The first-order chi connectivity index (χ1) is 15.8. The monoisotopic (exact) mass is 443 g/mol. The van der Waals surface area contributed by atoms with Crippen molar-refractivity contribution in [2.75, 3.05) is 20.3 Å². The summed E-state index contributed by atoms with van der Waals surface area (Å²) in [5.41, 5.74) is 9.63. The van der Waals surface area contributed by atoms with Gasteiger partial charge in [-0.05, 0) is 53.3 Å². The Morgan fingerprint density at radius 3 is 2.61 bits per heavy atom. The van der Waals surface area contributed by atoms with Crippen molar-refractivity contribution in [3.05, 3.63) is 58.7 Å². The van der Waals surface area contributed by atoms with Crippen LogP contribution in [0.2, 0.25) is 0 Å². The maximum atomic E-state index is 13.1. The minimum absolute atomic E-state index is 0.137. The molecule has 1 saturated heterocycles. The zero-order valence-corrected chi connectivity index (χ0v) is 18.4. The topological polar surface area (TPSA) is 132 Å². The Morgan fingerprint density at radius 2 is 1.91 bits per heavy atom. The quantitative estimate of drug-likeness (QED) is 0.741. The normalized spacial score (nSPS) is 17.6. The molecule has 2 aliphatic heterocycles. The second-order valence-electron chi connectivity index (χ2n) is 8.65. The molecular formula is C25H25N5O3. The molecule has 8 nitrogen and oxygen atoms in total. The molecule has 168 valence electrons. The number of benzene rings is 2. The van der Waals surface area contributed by atoms with Crippen LogP contribution >= 0.6 is 0 Å². The van der Waals surface area contributed by atoms with E-state index in [1.165, 1.54) is 0 Å². The van der Waals surface area contributed by atoms with Crippen LogP contribution in [-0.4, -0.2) is 48.6 Å². The highest BCUT2D eigenvalue weighted by molar-refractivity contribution is 6.02. The first-order valence-electron chi connectivity index (χ1n) is 10.8. The minimum atomic E-state index is -1.04. The number of hydrogen-bond acceptors (Lipinski definition) is 6. The van der Waals surface area contributed by atoms with Crippen LogP contribution in [0, 0.1) is 22.7 Å². The Labute approximate surface area is 192 Å². The molecule has 0 saturated carbocycles. The summed E-state index contributed by atoms with van der Waals surface area (Å²) in [6.45, 7) is 1.23. The molecule has 0 aromatic heterocycles. The predicted molar refractivity (Wildman–Crippen MR) is 121 cm³/mol. The number of carbonyl (C=O) groups is 2. The smallest absolute Gasteiger partial charge is 0.254 e. The fourth-order valence-electron chi connectivity index (χ4n) is 4.35. The van der Waals surface area contributed by atoms with Crippen LogP contribution in [0.5, 0.6) is 0 Å². The van der Waals surface area contributed by atoms with Gasteiger partial charge >= 0.3 is 0 Å². The average molecular weight is 444 g/mol. The Bertz CT molecular complexity index is 1190. The van der Waals surface area contributed by atoms with Crippen LogP contribution in [0.3, 0.4) is 0 Å². The standard InChI is InChI=1S/C25H25N5O3/c1-30-15-18-10-17(13-26)3-4-20(18)21-5-2-16(12-22(21)23(30)31)11-19(14-27)29-24(32)25(28)6-8-33-9-7-25/h2-5,10,12,19H,6-9,11,15,28H2,1H3,(H,29,32). The molecule has 2 aromatic rings. The van der Waals surface area contributed by atoms with E-state index in [9.17, 15) is 20.1 Å². The molecule has 0 aliphatic carbocycles. The number of nitriles is 2. The van der Waals surface area contributed by atoms with E-state index in [1.807, 2.05) is 24.3 Å². The number of nitrogens with zero attached hydrogens (tertiary/aromatic N) is 3. The third-order valence-electron chi connectivity index (χ3n) is 6.33. The van der Waals surface area contributed by atoms with Crippen molar-refractivity contribution < 1.29 is 14.3 Å². The van der Waals surface area contributed by atoms with Gasteiger partial charge in [0, 0.05) is 38.8 Å². The molecule has 2 heterocycles. The number of hydrogen-bond donors (Lipinski definition) is 2. The van der Waals surface area contributed by atoms with E-state index < -0.39 is 11.6 Å². The van der Waals surface area contributed by atoms with Crippen LogP contribution < -0.4 is 11.1 Å². The van der Waals surface area contributed by atoms with Crippen LogP contribution in [-0.2, 0) is 22.5 Å². The number of ether oxygens (including phenoxy) is 1. The summed E-state index contributed by atoms with van der Waals surface area (Å²) in [5, 5.41) is 21.6. The highest BCUT2D eigenvalue weighted by atomic mass is 16.5. The first kappa shape index (κ1) is 22.5. The molecular weight excluding hydrogens is 418 g/mol. The summed E-state index contributed by atoms with van der Waals surface area (Å²) < 4.78 is 5.28. The molecule has 0 bridgehead atoms. The van der Waals surface area contributed by atoms with Crippen LogP contribution in [0.15, 0.2) is 36.4 Å². The molecule has 1 fully saturated rings. The Morgan fingerprint density at radius 1 is 1.18 bits per heavy atom. The lowest BCUT2D eigenvalue weighted by Crippen LogP contribution is -2.58. The third kappa shape index (κ3) is 4.45. The number of fused-ring (bicyclic) bond motifs is 3. The summed E-state index contributed by atoms with van der Waals surface area (Å²) in [6.07, 6.45) is 1.06. The van der Waals surface area contributed by atoms with Crippen molar-refractivity contribution in [2.45, 2.75) is 37.4 Å². The second kappa shape index (κ2) is 9.03. The molecule has 8 heteroatoms. The minimum Gasteiger partial charge on any atom is -0.381 e. The summed E-state index contributed by atoms with van der Waals surface area (Å²) in [5.74, 6) is -0.493. The van der Waals surface area contributed by atoms with Crippen LogP contribution in [0.25, 0.3) is 11.1 Å². The van der Waals surface area contributed by atoms with E-state index in [0.717, 1.165) is 22.3 Å². The van der Waals surface area contributed by atoms with Gasteiger partial charge < -0.3 is 20.7 Å². The molecule has 2 aromatic carbocycles. The summed E-state index contributed by atoms with van der Waals surface area (Å²) in [4.78, 5) is 27.4. The van der Waals surface area contributed by atoms with E-state index in [1.54, 1.807) is 24.1 Å². The van der Waals surface area contributed by atoms with Gasteiger partial charge in [0.05, 0.1) is 23.2 Å². The summed E-state index contributed by atoms with van der Waals surface area (Å²) >= 11 is 0. The predicted octanol–water partition coefficient (Wildman–Crippen LogP) is 1.87. The molecule has 0 spiro atoms. The van der Waals surface area contributed by atoms with Gasteiger partial charge in [-0.3, -0.25) is 9.59 Å². The van der Waals surface area contributed by atoms with Gasteiger partial charge in [0.2, 0.25) is 5.91 Å². The van der Waals surface area contributed by atoms with Gasteiger partial charge in [0.25, 0.3) is 5.91 Å². The lowest BCUT2D eigenvalue weighted by atomic mass is 9.89. The van der Waals surface area contributed by atoms with Crippen LogP contribution in [0.4, 0.5) is 0 Å². The third-order valence-corrected chi connectivity index (χ3v) is 6.33. The number of nitrogens with one attached hydrogen (secondary N) is 1. The van der Waals surface area contributed by atoms with Crippen molar-refractivity contribution >= 4 is 11.8 Å². The molecule has 4 rings (SSSR count). The van der Waals surface area contributed by atoms with E-state index in [2.05, 4.69) is 17.5 Å². The zero-order valence-electron chi connectivity index (χ0n) is 18.4. The fraction of sp³-hybridized carbons (Fsp3) is 0.360. The number of nitrogens with two attached hydrogens (primary N) is 1. The first-order valence-corrected chi connectivity index (χ1v) is 10.8. The van der Waals surface area contributed by atoms with E-state index in [0.29, 0.717) is 43.7 Å². The zero-order chi connectivity index (χ0) is 23.6. The van der Waals surface area contributed by atoms with Crippen molar-refractivity contribution in [1.29, 1.82) is 10.5 Å². The molecule has 1 unspecified atom stereocenters. The lowest BCUT2D eigenvalue weighted by Gasteiger charge is -2.32. The fourth-order valence-corrected chi connectivity index (χ4v) is 4.35. The van der Waals surface area contributed by atoms with Crippen molar-refractivity contribution in [3.63, 3.8) is 0 Å². The largest absolute Gasteiger partial charge is 0.381 e. The number of carbonyl (C=O) groups excluding carboxylic acids is 2. The van der Waals surface area contributed by atoms with Gasteiger partial charge in [0.15, 0.2) is 0 Å². The maximum Gasteiger partial charge on any atom is 0.254 e. The van der Waals surface area contributed by atoms with Gasteiger partial charge in [0.1, 0.15) is 6.04 Å². The van der Waals surface area contributed by atoms with Crippen molar-refractivity contribution in [2.24, 2.45) is 5.73 Å². The highest BCUT2D eigenvalue weighted by Crippen LogP contribution is 2.33. The summed E-state index contributed by atoms with van der Waals surface area (Å²) in [7, 11) is 1.72. The number of rotatable bonds is 4. The van der Waals surface area contributed by atoms with E-state index in [-0.39, 0.29) is 18.2 Å². The van der Waals surface area contributed by atoms with E-state index >= 15 is 0 Å². The van der Waals surface area contributed by atoms with Gasteiger partial charge in [-0.1, -0.05) is 18.2 Å². The molecule has 0 radical (unpaired) electrons. The van der Waals surface area contributed by atoms with Gasteiger partial charge in [-0.15, -0.1) is 0 Å². The molecule has 2 amide bonds. The molecule has 2 aliphatic rings. The van der Waals surface area contributed by atoms with Crippen molar-refractivity contribution in [1.82, 2.24) is 10.2 Å². The van der Waals surface area contributed by atoms with E-state index in [4.69, 9.17) is 10.5 Å². The molecule has 3 N–H and O–H groups in total. The Balaban J connectivity index is 1.60. The SMILES string of the molecule is CN1Cc2cc(C#N)ccc2-c2ccc(CC(C#N)NC(=O)C3(N)CCOCC3)cc2C1=O. The molecule has 33 heavy (non-hydrogen) atoms. The highest BCUT2D eigenvalue weighted by Gasteiger charge is 2.37. The second-order valence-corrected chi connectivity index (χ2v) is 8.65. The number of amides is 2. The maximum absolute atomic E-state index is 13.1. The van der Waals surface area contributed by atoms with Crippen molar-refractivity contribution in [3.8, 4) is 23.3 Å². The van der Waals surface area contributed by atoms with Crippen LogP contribution in [0.1, 0.15) is 39.9 Å². The Kier molecular flexibility index (Phi) is 6.15. The van der Waals surface area contributed by atoms with Gasteiger partial charge in [-0.2, -0.15) is 10.5 Å². The summed E-state index contributed by atoms with van der Waals surface area (Å²) in [6, 6.07) is 14.4. The average Bonchev–Trinajstić information content (AvgIpc) is 2.92. The van der Waals surface area contributed by atoms with Gasteiger partial charge in [-0.25, -0.2) is 0 Å². The lowest BCUT2D eigenvalue weighted by molar-refractivity contribution is -0.130. The molecule has 1 atom stereocenters. The Hall–Kier alpha value is -3.72.